The number of benzene rings is 1. The lowest BCUT2D eigenvalue weighted by Gasteiger charge is -2.40. The molecule has 1 fully saturated rings. The van der Waals surface area contributed by atoms with Gasteiger partial charge in [-0.3, -0.25) is 0 Å². The van der Waals surface area contributed by atoms with Crippen LogP contribution in [0.5, 0.6) is 5.75 Å². The van der Waals surface area contributed by atoms with Crippen molar-refractivity contribution >= 4 is 5.69 Å². The molecule has 106 valence electrons. The lowest BCUT2D eigenvalue weighted by Crippen LogP contribution is -2.41. The average molecular weight is 262 g/mol. The van der Waals surface area contributed by atoms with E-state index in [4.69, 9.17) is 10.5 Å². The van der Waals surface area contributed by atoms with E-state index in [1.54, 1.807) is 7.11 Å². The molecule has 1 aliphatic heterocycles. The first kappa shape index (κ1) is 14.2. The molecule has 2 rings (SSSR count). The van der Waals surface area contributed by atoms with Crippen molar-refractivity contribution in [1.29, 1.82) is 0 Å². The maximum absolute atomic E-state index is 6.17. The molecular weight excluding hydrogens is 236 g/mol. The molecule has 0 amide bonds. The zero-order valence-corrected chi connectivity index (χ0v) is 12.5. The summed E-state index contributed by atoms with van der Waals surface area (Å²) in [5.74, 6) is 1.64. The fourth-order valence-electron chi connectivity index (χ4n) is 3.04. The predicted molar refractivity (Wildman–Crippen MR) is 80.8 cm³/mol. The van der Waals surface area contributed by atoms with Gasteiger partial charge in [0.25, 0.3) is 0 Å². The zero-order chi connectivity index (χ0) is 14.0. The van der Waals surface area contributed by atoms with Crippen LogP contribution >= 0.6 is 0 Å². The van der Waals surface area contributed by atoms with Crippen molar-refractivity contribution in [1.82, 2.24) is 0 Å². The Hall–Kier alpha value is -1.22. The van der Waals surface area contributed by atoms with Crippen molar-refractivity contribution in [3.05, 3.63) is 23.8 Å². The van der Waals surface area contributed by atoms with Gasteiger partial charge in [-0.15, -0.1) is 0 Å². The van der Waals surface area contributed by atoms with E-state index in [9.17, 15) is 0 Å². The summed E-state index contributed by atoms with van der Waals surface area (Å²) in [5.41, 5.74) is 8.55. The molecule has 0 spiro atoms. The zero-order valence-electron chi connectivity index (χ0n) is 12.5. The van der Waals surface area contributed by atoms with E-state index >= 15 is 0 Å². The summed E-state index contributed by atoms with van der Waals surface area (Å²) in [7, 11) is 1.72. The number of ether oxygens (including phenoxy) is 1. The van der Waals surface area contributed by atoms with E-state index in [2.05, 4.69) is 30.9 Å². The summed E-state index contributed by atoms with van der Waals surface area (Å²) >= 11 is 0. The number of hydrogen-bond acceptors (Lipinski definition) is 3. The highest BCUT2D eigenvalue weighted by atomic mass is 16.5. The fraction of sp³-hybridized carbons (Fsp3) is 0.625. The number of piperidine rings is 1. The molecule has 3 unspecified atom stereocenters. The van der Waals surface area contributed by atoms with Crippen LogP contribution in [0.25, 0.3) is 0 Å². The normalized spacial score (nSPS) is 25.2. The molecule has 2 N–H and O–H groups in total. The van der Waals surface area contributed by atoms with E-state index in [1.807, 2.05) is 13.0 Å². The van der Waals surface area contributed by atoms with Crippen LogP contribution in [0.4, 0.5) is 5.69 Å². The van der Waals surface area contributed by atoms with Gasteiger partial charge >= 0.3 is 0 Å². The largest absolute Gasteiger partial charge is 0.496 e. The molecule has 3 atom stereocenters. The highest BCUT2D eigenvalue weighted by molar-refractivity contribution is 5.61. The van der Waals surface area contributed by atoms with Gasteiger partial charge < -0.3 is 15.4 Å². The van der Waals surface area contributed by atoms with Gasteiger partial charge in [0.05, 0.1) is 7.11 Å². The number of hydrogen-bond donors (Lipinski definition) is 1. The molecule has 0 saturated carbocycles. The third kappa shape index (κ3) is 2.86. The minimum atomic E-state index is -0.0180. The molecule has 1 aliphatic rings. The maximum atomic E-state index is 6.17. The second-order valence-corrected chi connectivity index (χ2v) is 5.87. The van der Waals surface area contributed by atoms with Crippen molar-refractivity contribution in [2.45, 2.75) is 45.7 Å². The summed E-state index contributed by atoms with van der Waals surface area (Å²) in [4.78, 5) is 2.50. The van der Waals surface area contributed by atoms with Gasteiger partial charge in [0.1, 0.15) is 5.75 Å². The van der Waals surface area contributed by atoms with E-state index in [0.29, 0.717) is 6.04 Å². The van der Waals surface area contributed by atoms with Crippen LogP contribution in [0.3, 0.4) is 0 Å². The Morgan fingerprint density at radius 1 is 1.32 bits per heavy atom. The van der Waals surface area contributed by atoms with Crippen LogP contribution in [0.1, 0.15) is 45.2 Å². The molecular formula is C16H26N2O. The third-order valence-electron chi connectivity index (χ3n) is 4.15. The van der Waals surface area contributed by atoms with Gasteiger partial charge in [-0.2, -0.15) is 0 Å². The molecule has 1 heterocycles. The first-order valence-corrected chi connectivity index (χ1v) is 7.23. The summed E-state index contributed by atoms with van der Waals surface area (Å²) < 4.78 is 5.49. The Kier molecular flexibility index (Phi) is 4.35. The van der Waals surface area contributed by atoms with Crippen LogP contribution < -0.4 is 15.4 Å². The SMILES string of the molecule is COc1cccc(N2CC(C)CCC2C)c1C(C)N. The molecule has 19 heavy (non-hydrogen) atoms. The molecule has 1 saturated heterocycles. The second kappa shape index (κ2) is 5.83. The predicted octanol–water partition coefficient (Wildman–Crippen LogP) is 3.34. The minimum Gasteiger partial charge on any atom is -0.496 e. The maximum Gasteiger partial charge on any atom is 0.125 e. The minimum absolute atomic E-state index is 0.0180. The van der Waals surface area contributed by atoms with Crippen molar-refractivity contribution in [2.75, 3.05) is 18.6 Å². The van der Waals surface area contributed by atoms with E-state index in [0.717, 1.165) is 23.8 Å². The van der Waals surface area contributed by atoms with Crippen molar-refractivity contribution in [3.8, 4) is 5.75 Å². The lowest BCUT2D eigenvalue weighted by atomic mass is 9.93. The number of anilines is 1. The molecule has 0 aliphatic carbocycles. The first-order valence-electron chi connectivity index (χ1n) is 7.23. The number of rotatable bonds is 3. The number of nitrogens with two attached hydrogens (primary N) is 1. The molecule has 0 aromatic heterocycles. The Bertz CT molecular complexity index is 431. The van der Waals surface area contributed by atoms with Crippen LogP contribution in [0.15, 0.2) is 18.2 Å². The molecule has 1 aromatic rings. The lowest BCUT2D eigenvalue weighted by molar-refractivity contribution is 0.385. The highest BCUT2D eigenvalue weighted by Gasteiger charge is 2.26. The van der Waals surface area contributed by atoms with Gasteiger partial charge in [0, 0.05) is 29.9 Å². The standard InChI is InChI=1S/C16H26N2O/c1-11-8-9-12(2)18(10-11)14-6-5-7-15(19-4)16(14)13(3)17/h5-7,11-13H,8-10,17H2,1-4H3. The number of methoxy groups -OCH3 is 1. The quantitative estimate of drug-likeness (QED) is 0.908. The second-order valence-electron chi connectivity index (χ2n) is 5.87. The summed E-state index contributed by atoms with van der Waals surface area (Å²) in [5, 5.41) is 0. The highest BCUT2D eigenvalue weighted by Crippen LogP contribution is 2.37. The van der Waals surface area contributed by atoms with E-state index in [-0.39, 0.29) is 6.04 Å². The summed E-state index contributed by atoms with van der Waals surface area (Å²) in [6.45, 7) is 7.76. The molecule has 3 nitrogen and oxygen atoms in total. The van der Waals surface area contributed by atoms with Gasteiger partial charge in [-0.25, -0.2) is 0 Å². The van der Waals surface area contributed by atoms with Gasteiger partial charge in [-0.1, -0.05) is 13.0 Å². The Labute approximate surface area is 116 Å². The fourth-order valence-corrected chi connectivity index (χ4v) is 3.04. The van der Waals surface area contributed by atoms with Crippen LogP contribution in [0.2, 0.25) is 0 Å². The van der Waals surface area contributed by atoms with E-state index < -0.39 is 0 Å². The van der Waals surface area contributed by atoms with Crippen LogP contribution in [0, 0.1) is 5.92 Å². The Morgan fingerprint density at radius 2 is 2.05 bits per heavy atom. The van der Waals surface area contributed by atoms with Gasteiger partial charge in [-0.05, 0) is 44.7 Å². The van der Waals surface area contributed by atoms with Gasteiger partial charge in [0.2, 0.25) is 0 Å². The molecule has 3 heteroatoms. The summed E-state index contributed by atoms with van der Waals surface area (Å²) in [6, 6.07) is 6.79. The molecule has 1 aromatic carbocycles. The van der Waals surface area contributed by atoms with Crippen LogP contribution in [-0.4, -0.2) is 19.7 Å². The third-order valence-corrected chi connectivity index (χ3v) is 4.15. The Balaban J connectivity index is 2.43. The molecule has 0 bridgehead atoms. The number of nitrogens with zero attached hydrogens (tertiary/aromatic N) is 1. The summed E-state index contributed by atoms with van der Waals surface area (Å²) in [6.07, 6.45) is 2.56. The topological polar surface area (TPSA) is 38.5 Å². The smallest absolute Gasteiger partial charge is 0.125 e. The monoisotopic (exact) mass is 262 g/mol. The first-order chi connectivity index (χ1) is 9.04. The van der Waals surface area contributed by atoms with Crippen molar-refractivity contribution < 1.29 is 4.74 Å². The van der Waals surface area contributed by atoms with Gasteiger partial charge in [0.15, 0.2) is 0 Å². The van der Waals surface area contributed by atoms with Crippen molar-refractivity contribution in [2.24, 2.45) is 11.7 Å². The van der Waals surface area contributed by atoms with Crippen molar-refractivity contribution in [3.63, 3.8) is 0 Å². The average Bonchev–Trinajstić information content (AvgIpc) is 2.40. The van der Waals surface area contributed by atoms with E-state index in [1.165, 1.54) is 18.5 Å². The molecule has 0 radical (unpaired) electrons. The van der Waals surface area contributed by atoms with Crippen LogP contribution in [-0.2, 0) is 0 Å². The Morgan fingerprint density at radius 3 is 2.68 bits per heavy atom.